The Labute approximate surface area is 126 Å². The molecule has 2 saturated heterocycles. The maximum atomic E-state index is 12.6. The molecule has 0 unspecified atom stereocenters. The summed E-state index contributed by atoms with van der Waals surface area (Å²) < 4.78 is 5.13. The summed E-state index contributed by atoms with van der Waals surface area (Å²) in [5.41, 5.74) is 2.49. The van der Waals surface area contributed by atoms with Crippen molar-refractivity contribution in [3.05, 3.63) is 35.4 Å². The molecule has 4 heteroatoms. The van der Waals surface area contributed by atoms with Gasteiger partial charge in [0.25, 0.3) is 0 Å². The SMILES string of the molecule is COCCN1C[C@H]2CN(Cc3cccc(C)c3)C(=O)[C@H]2C1. The lowest BCUT2D eigenvalue weighted by atomic mass is 10.0. The Hall–Kier alpha value is -1.39. The normalized spacial score (nSPS) is 25.6. The van der Waals surface area contributed by atoms with Crippen molar-refractivity contribution in [3.63, 3.8) is 0 Å². The molecule has 1 aromatic carbocycles. The summed E-state index contributed by atoms with van der Waals surface area (Å²) in [6.07, 6.45) is 0. The standard InChI is InChI=1S/C17H24N2O2/c1-13-4-3-5-14(8-13)9-19-11-15-10-18(6-7-21-2)12-16(15)17(19)20/h3-5,8,15-16H,6-7,9-12H2,1-2H3/t15-,16-/m0/s1. The lowest BCUT2D eigenvalue weighted by Gasteiger charge is -2.21. The zero-order valence-corrected chi connectivity index (χ0v) is 12.9. The maximum absolute atomic E-state index is 12.6. The molecule has 2 aliphatic heterocycles. The summed E-state index contributed by atoms with van der Waals surface area (Å²) in [7, 11) is 1.73. The van der Waals surface area contributed by atoms with Crippen LogP contribution in [-0.4, -0.2) is 55.6 Å². The molecule has 2 atom stereocenters. The fourth-order valence-electron chi connectivity index (χ4n) is 3.61. The Kier molecular flexibility index (Phi) is 4.27. The van der Waals surface area contributed by atoms with Gasteiger partial charge in [0.2, 0.25) is 5.91 Å². The minimum Gasteiger partial charge on any atom is -0.383 e. The number of aryl methyl sites for hydroxylation is 1. The Bertz CT molecular complexity index is 517. The molecule has 2 heterocycles. The number of amides is 1. The van der Waals surface area contributed by atoms with Crippen LogP contribution in [0.3, 0.4) is 0 Å². The molecule has 114 valence electrons. The third kappa shape index (κ3) is 3.11. The number of hydrogen-bond acceptors (Lipinski definition) is 3. The van der Waals surface area contributed by atoms with Gasteiger partial charge in [0.1, 0.15) is 0 Å². The Balaban J connectivity index is 1.59. The van der Waals surface area contributed by atoms with E-state index < -0.39 is 0 Å². The monoisotopic (exact) mass is 288 g/mol. The first-order chi connectivity index (χ1) is 10.2. The molecule has 2 fully saturated rings. The molecule has 1 aromatic rings. The van der Waals surface area contributed by atoms with Crippen molar-refractivity contribution in [2.75, 3.05) is 39.9 Å². The molecular formula is C17H24N2O2. The van der Waals surface area contributed by atoms with E-state index in [1.54, 1.807) is 7.11 Å². The van der Waals surface area contributed by atoms with Crippen molar-refractivity contribution in [3.8, 4) is 0 Å². The Morgan fingerprint density at radius 1 is 1.29 bits per heavy atom. The summed E-state index contributed by atoms with van der Waals surface area (Å²) in [5.74, 6) is 1.03. The van der Waals surface area contributed by atoms with Crippen LogP contribution in [0.2, 0.25) is 0 Å². The number of methoxy groups -OCH3 is 1. The molecule has 2 aliphatic rings. The number of ether oxygens (including phenoxy) is 1. The molecule has 3 rings (SSSR count). The average molecular weight is 288 g/mol. The van der Waals surface area contributed by atoms with Gasteiger partial charge in [0.15, 0.2) is 0 Å². The highest BCUT2D eigenvalue weighted by atomic mass is 16.5. The van der Waals surface area contributed by atoms with E-state index in [4.69, 9.17) is 4.74 Å². The van der Waals surface area contributed by atoms with Gasteiger partial charge in [0.05, 0.1) is 12.5 Å². The van der Waals surface area contributed by atoms with E-state index in [9.17, 15) is 4.79 Å². The van der Waals surface area contributed by atoms with E-state index in [1.807, 2.05) is 4.90 Å². The first kappa shape index (κ1) is 14.5. The third-order valence-corrected chi connectivity index (χ3v) is 4.67. The molecule has 4 nitrogen and oxygen atoms in total. The van der Waals surface area contributed by atoms with E-state index in [0.29, 0.717) is 11.8 Å². The van der Waals surface area contributed by atoms with Gasteiger partial charge in [-0.25, -0.2) is 0 Å². The molecule has 0 saturated carbocycles. The molecule has 0 N–H and O–H groups in total. The predicted molar refractivity (Wildman–Crippen MR) is 81.9 cm³/mol. The highest BCUT2D eigenvalue weighted by molar-refractivity contribution is 5.82. The molecule has 21 heavy (non-hydrogen) atoms. The van der Waals surface area contributed by atoms with Crippen LogP contribution in [0.1, 0.15) is 11.1 Å². The minimum atomic E-state index is 0.201. The smallest absolute Gasteiger partial charge is 0.227 e. The van der Waals surface area contributed by atoms with Crippen molar-refractivity contribution in [2.24, 2.45) is 11.8 Å². The number of fused-ring (bicyclic) bond motifs is 1. The topological polar surface area (TPSA) is 32.8 Å². The zero-order valence-electron chi connectivity index (χ0n) is 12.9. The van der Waals surface area contributed by atoms with Crippen molar-refractivity contribution < 1.29 is 9.53 Å². The van der Waals surface area contributed by atoms with Gasteiger partial charge in [-0.3, -0.25) is 9.69 Å². The quantitative estimate of drug-likeness (QED) is 0.824. The second kappa shape index (κ2) is 6.16. The van der Waals surface area contributed by atoms with E-state index in [0.717, 1.165) is 39.3 Å². The summed E-state index contributed by atoms with van der Waals surface area (Å²) in [4.78, 5) is 17.0. The van der Waals surface area contributed by atoms with Gasteiger partial charge in [0, 0.05) is 45.8 Å². The van der Waals surface area contributed by atoms with Crippen molar-refractivity contribution in [1.82, 2.24) is 9.80 Å². The largest absolute Gasteiger partial charge is 0.383 e. The second-order valence-electron chi connectivity index (χ2n) is 6.33. The molecule has 0 aromatic heterocycles. The summed E-state index contributed by atoms with van der Waals surface area (Å²) in [6.45, 7) is 7.38. The van der Waals surface area contributed by atoms with E-state index in [2.05, 4.69) is 36.1 Å². The van der Waals surface area contributed by atoms with Gasteiger partial charge in [-0.2, -0.15) is 0 Å². The van der Waals surface area contributed by atoms with Gasteiger partial charge in [-0.05, 0) is 12.5 Å². The first-order valence-electron chi connectivity index (χ1n) is 7.73. The number of carbonyl (C=O) groups excluding carboxylic acids is 1. The van der Waals surface area contributed by atoms with Crippen LogP contribution in [0, 0.1) is 18.8 Å². The van der Waals surface area contributed by atoms with E-state index >= 15 is 0 Å². The Morgan fingerprint density at radius 2 is 2.14 bits per heavy atom. The van der Waals surface area contributed by atoms with Crippen LogP contribution in [0.25, 0.3) is 0 Å². The summed E-state index contributed by atoms with van der Waals surface area (Å²) >= 11 is 0. The number of rotatable bonds is 5. The summed E-state index contributed by atoms with van der Waals surface area (Å²) in [5, 5.41) is 0. The zero-order chi connectivity index (χ0) is 14.8. The fourth-order valence-corrected chi connectivity index (χ4v) is 3.61. The maximum Gasteiger partial charge on any atom is 0.227 e. The Morgan fingerprint density at radius 3 is 2.86 bits per heavy atom. The lowest BCUT2D eigenvalue weighted by molar-refractivity contribution is -0.131. The van der Waals surface area contributed by atoms with Gasteiger partial charge < -0.3 is 9.64 Å². The van der Waals surface area contributed by atoms with Gasteiger partial charge in [-0.15, -0.1) is 0 Å². The average Bonchev–Trinajstić information content (AvgIpc) is 2.97. The number of hydrogen-bond donors (Lipinski definition) is 0. The number of likely N-dealkylation sites (tertiary alicyclic amines) is 2. The lowest BCUT2D eigenvalue weighted by Crippen LogP contribution is -2.33. The molecule has 0 spiro atoms. The van der Waals surface area contributed by atoms with Gasteiger partial charge in [-0.1, -0.05) is 29.8 Å². The molecule has 0 bridgehead atoms. The van der Waals surface area contributed by atoms with Crippen LogP contribution in [0.5, 0.6) is 0 Å². The van der Waals surface area contributed by atoms with Crippen molar-refractivity contribution in [1.29, 1.82) is 0 Å². The molecule has 0 aliphatic carbocycles. The van der Waals surface area contributed by atoms with Crippen LogP contribution >= 0.6 is 0 Å². The second-order valence-corrected chi connectivity index (χ2v) is 6.33. The third-order valence-electron chi connectivity index (χ3n) is 4.67. The van der Waals surface area contributed by atoms with Gasteiger partial charge >= 0.3 is 0 Å². The molecular weight excluding hydrogens is 264 g/mol. The minimum absolute atomic E-state index is 0.201. The summed E-state index contributed by atoms with van der Waals surface area (Å²) in [6, 6.07) is 8.45. The van der Waals surface area contributed by atoms with Crippen LogP contribution in [0.15, 0.2) is 24.3 Å². The van der Waals surface area contributed by atoms with Crippen LogP contribution < -0.4 is 0 Å². The van der Waals surface area contributed by atoms with Crippen LogP contribution in [0.4, 0.5) is 0 Å². The van der Waals surface area contributed by atoms with Crippen LogP contribution in [-0.2, 0) is 16.1 Å². The highest BCUT2D eigenvalue weighted by Crippen LogP contribution is 2.32. The molecule has 0 radical (unpaired) electrons. The number of carbonyl (C=O) groups is 1. The van der Waals surface area contributed by atoms with Crippen molar-refractivity contribution >= 4 is 5.91 Å². The fraction of sp³-hybridized carbons (Fsp3) is 0.588. The van der Waals surface area contributed by atoms with E-state index in [-0.39, 0.29) is 5.92 Å². The van der Waals surface area contributed by atoms with Crippen molar-refractivity contribution in [2.45, 2.75) is 13.5 Å². The number of nitrogens with zero attached hydrogens (tertiary/aromatic N) is 2. The predicted octanol–water partition coefficient (Wildman–Crippen LogP) is 1.53. The molecule has 1 amide bonds. The number of benzene rings is 1. The van der Waals surface area contributed by atoms with E-state index in [1.165, 1.54) is 11.1 Å². The highest BCUT2D eigenvalue weighted by Gasteiger charge is 2.45. The first-order valence-corrected chi connectivity index (χ1v) is 7.73.